The highest BCUT2D eigenvalue weighted by Gasteiger charge is 2.51. The summed E-state index contributed by atoms with van der Waals surface area (Å²) in [5, 5.41) is 14.8. The van der Waals surface area contributed by atoms with E-state index in [-0.39, 0.29) is 34.7 Å². The SMILES string of the molecule is CCC1O[C@@H](O[Si](C)(C)C(C)(C)C)C(N=[N+]=[N-])[C@@H](C)[C@@H]1O[C@@H]1OC(C(C)=O)[C@@H](C)[C@H](C)C1O. The van der Waals surface area contributed by atoms with Crippen molar-refractivity contribution in [2.24, 2.45) is 22.9 Å². The second-order valence-corrected chi connectivity index (χ2v) is 16.0. The van der Waals surface area contributed by atoms with Crippen molar-refractivity contribution in [3.63, 3.8) is 0 Å². The third kappa shape index (κ3) is 5.98. The largest absolute Gasteiger partial charge is 0.392 e. The minimum absolute atomic E-state index is 0.0376. The summed E-state index contributed by atoms with van der Waals surface area (Å²) in [5.74, 6) is -0.655. The summed E-state index contributed by atoms with van der Waals surface area (Å²) in [6.45, 7) is 19.9. The molecule has 0 aromatic rings. The fourth-order valence-corrected chi connectivity index (χ4v) is 5.48. The third-order valence-electron chi connectivity index (χ3n) is 7.91. The average molecular weight is 486 g/mol. The lowest BCUT2D eigenvalue weighted by molar-refractivity contribution is -0.315. The van der Waals surface area contributed by atoms with Gasteiger partial charge in [0.05, 0.1) is 18.2 Å². The number of hydrogen-bond acceptors (Lipinski definition) is 7. The van der Waals surface area contributed by atoms with Gasteiger partial charge < -0.3 is 23.7 Å². The number of ketones is 1. The molecule has 0 amide bonds. The first-order chi connectivity index (χ1) is 15.2. The molecule has 2 saturated heterocycles. The lowest BCUT2D eigenvalue weighted by Gasteiger charge is -2.50. The number of carbonyl (C=O) groups is 1. The van der Waals surface area contributed by atoms with Crippen molar-refractivity contribution in [3.05, 3.63) is 10.4 Å². The molecule has 0 radical (unpaired) electrons. The number of hydrogen-bond donors (Lipinski definition) is 1. The van der Waals surface area contributed by atoms with Gasteiger partial charge in [0.25, 0.3) is 0 Å². The fourth-order valence-electron chi connectivity index (χ4n) is 4.35. The smallest absolute Gasteiger partial charge is 0.195 e. The fraction of sp³-hybridized carbons (Fsp3) is 0.957. The second-order valence-electron chi connectivity index (χ2n) is 11.2. The van der Waals surface area contributed by atoms with Crippen LogP contribution in [0.15, 0.2) is 5.11 Å². The zero-order chi connectivity index (χ0) is 25.3. The Balaban J connectivity index is 2.30. The molecule has 2 aliphatic rings. The molecular formula is C23H43N3O6Si. The Morgan fingerprint density at radius 3 is 2.21 bits per heavy atom. The summed E-state index contributed by atoms with van der Waals surface area (Å²) in [6, 6.07) is -0.599. The maximum Gasteiger partial charge on any atom is 0.195 e. The topological polar surface area (TPSA) is 123 Å². The van der Waals surface area contributed by atoms with Crippen molar-refractivity contribution in [1.29, 1.82) is 0 Å². The molecule has 1 N–H and O–H groups in total. The Bertz CT molecular complexity index is 738. The Hall–Kier alpha value is -1.00. The number of azide groups is 1. The van der Waals surface area contributed by atoms with E-state index in [2.05, 4.69) is 43.9 Å². The number of aliphatic hydroxyl groups is 1. The van der Waals surface area contributed by atoms with E-state index in [4.69, 9.17) is 18.6 Å². The number of rotatable bonds is 7. The molecule has 2 heterocycles. The first-order valence-corrected chi connectivity index (χ1v) is 14.9. The molecule has 0 aromatic carbocycles. The van der Waals surface area contributed by atoms with Crippen molar-refractivity contribution in [3.8, 4) is 0 Å². The van der Waals surface area contributed by atoms with Crippen LogP contribution in [0.25, 0.3) is 10.4 Å². The number of carbonyl (C=O) groups excluding carboxylic acids is 1. The van der Waals surface area contributed by atoms with E-state index >= 15 is 0 Å². The minimum Gasteiger partial charge on any atom is -0.392 e. The Kier molecular flexibility index (Phi) is 9.18. The van der Waals surface area contributed by atoms with Crippen LogP contribution in [0.4, 0.5) is 0 Å². The van der Waals surface area contributed by atoms with Gasteiger partial charge in [-0.05, 0) is 54.8 Å². The number of aliphatic hydroxyl groups excluding tert-OH is 1. The number of ether oxygens (including phenoxy) is 3. The monoisotopic (exact) mass is 485 g/mol. The normalized spacial score (nSPS) is 40.2. The van der Waals surface area contributed by atoms with Crippen LogP contribution in [0, 0.1) is 17.8 Å². The summed E-state index contributed by atoms with van der Waals surface area (Å²) >= 11 is 0. The van der Waals surface area contributed by atoms with E-state index in [1.807, 2.05) is 27.7 Å². The molecule has 0 aromatic heterocycles. The quantitative estimate of drug-likeness (QED) is 0.239. The van der Waals surface area contributed by atoms with E-state index in [0.717, 1.165) is 0 Å². The zero-order valence-electron chi connectivity index (χ0n) is 21.8. The van der Waals surface area contributed by atoms with E-state index in [0.29, 0.717) is 6.42 Å². The van der Waals surface area contributed by atoms with Crippen molar-refractivity contribution in [2.75, 3.05) is 0 Å². The number of nitrogens with zero attached hydrogens (tertiary/aromatic N) is 3. The Labute approximate surface area is 199 Å². The Morgan fingerprint density at radius 1 is 1.12 bits per heavy atom. The third-order valence-corrected chi connectivity index (χ3v) is 12.3. The van der Waals surface area contributed by atoms with Crippen LogP contribution >= 0.6 is 0 Å². The second kappa shape index (κ2) is 10.7. The van der Waals surface area contributed by atoms with E-state index < -0.39 is 45.3 Å². The van der Waals surface area contributed by atoms with Gasteiger partial charge in [0.15, 0.2) is 26.7 Å². The molecule has 9 nitrogen and oxygen atoms in total. The molecule has 4 unspecified atom stereocenters. The highest BCUT2D eigenvalue weighted by molar-refractivity contribution is 6.74. The highest BCUT2D eigenvalue weighted by atomic mass is 28.4. The van der Waals surface area contributed by atoms with Gasteiger partial charge in [-0.2, -0.15) is 0 Å². The highest BCUT2D eigenvalue weighted by Crippen LogP contribution is 2.42. The first kappa shape index (κ1) is 28.2. The van der Waals surface area contributed by atoms with E-state index in [1.165, 1.54) is 6.92 Å². The molecule has 33 heavy (non-hydrogen) atoms. The van der Waals surface area contributed by atoms with Crippen LogP contribution in [-0.4, -0.2) is 62.2 Å². The zero-order valence-corrected chi connectivity index (χ0v) is 22.8. The van der Waals surface area contributed by atoms with Gasteiger partial charge in [-0.3, -0.25) is 4.79 Å². The standard InChI is InChI=1S/C23H43N3O6Si/c1-11-16-20(31-22-18(28)12(2)13(3)19(30-22)15(5)27)14(4)17(25-26-24)21(29-16)32-33(9,10)23(6,7)8/h12-14,16-22,28H,11H2,1-10H3/t12-,13-,14+,16?,17?,18?,19?,20-,21-,22-/m0/s1. The average Bonchev–Trinajstić information content (AvgIpc) is 2.71. The van der Waals surface area contributed by atoms with Crippen LogP contribution < -0.4 is 0 Å². The predicted molar refractivity (Wildman–Crippen MR) is 128 cm³/mol. The van der Waals surface area contributed by atoms with Crippen molar-refractivity contribution in [1.82, 2.24) is 0 Å². The van der Waals surface area contributed by atoms with Gasteiger partial charge in [0, 0.05) is 4.91 Å². The maximum atomic E-state index is 12.1. The van der Waals surface area contributed by atoms with Crippen LogP contribution in [-0.2, 0) is 23.4 Å². The van der Waals surface area contributed by atoms with E-state index in [9.17, 15) is 15.4 Å². The molecule has 2 aliphatic heterocycles. The van der Waals surface area contributed by atoms with Crippen LogP contribution in [0.5, 0.6) is 0 Å². The van der Waals surface area contributed by atoms with Crippen molar-refractivity contribution >= 4 is 14.1 Å². The summed E-state index contributed by atoms with van der Waals surface area (Å²) in [5.41, 5.74) is 9.26. The minimum atomic E-state index is -2.20. The number of Topliss-reactive ketones (excluding diaryl/α,β-unsaturated/α-hetero) is 1. The summed E-state index contributed by atoms with van der Waals surface area (Å²) in [4.78, 5) is 15.2. The summed E-state index contributed by atoms with van der Waals surface area (Å²) in [7, 11) is -2.20. The Morgan fingerprint density at radius 2 is 1.73 bits per heavy atom. The van der Waals surface area contributed by atoms with Gasteiger partial charge in [0.1, 0.15) is 12.2 Å². The van der Waals surface area contributed by atoms with Crippen molar-refractivity contribution in [2.45, 2.75) is 123 Å². The maximum absolute atomic E-state index is 12.1. The molecule has 190 valence electrons. The predicted octanol–water partition coefficient (Wildman–Crippen LogP) is 4.79. The summed E-state index contributed by atoms with van der Waals surface area (Å²) in [6.07, 6.45) is -3.39. The van der Waals surface area contributed by atoms with E-state index in [1.54, 1.807) is 0 Å². The molecule has 0 aliphatic carbocycles. The van der Waals surface area contributed by atoms with Gasteiger partial charge >= 0.3 is 0 Å². The molecule has 10 heteroatoms. The van der Waals surface area contributed by atoms with Gasteiger partial charge in [-0.15, -0.1) is 0 Å². The molecule has 0 saturated carbocycles. The molecule has 2 fully saturated rings. The van der Waals surface area contributed by atoms with Gasteiger partial charge in [0.2, 0.25) is 0 Å². The first-order valence-electron chi connectivity index (χ1n) is 12.0. The van der Waals surface area contributed by atoms with Crippen molar-refractivity contribution < 1.29 is 28.5 Å². The van der Waals surface area contributed by atoms with Gasteiger partial charge in [-0.1, -0.05) is 53.6 Å². The lowest BCUT2D eigenvalue weighted by Crippen LogP contribution is -2.60. The van der Waals surface area contributed by atoms with Gasteiger partial charge in [-0.25, -0.2) is 0 Å². The van der Waals surface area contributed by atoms with Crippen LogP contribution in [0.3, 0.4) is 0 Å². The summed E-state index contributed by atoms with van der Waals surface area (Å²) < 4.78 is 25.1. The molecule has 0 spiro atoms. The van der Waals surface area contributed by atoms with Crippen LogP contribution in [0.2, 0.25) is 18.1 Å². The molecule has 2 rings (SSSR count). The lowest BCUT2D eigenvalue weighted by atomic mass is 9.82. The van der Waals surface area contributed by atoms with Crippen LogP contribution in [0.1, 0.15) is 61.8 Å². The molecule has 0 bridgehead atoms. The molecule has 10 atom stereocenters. The molecular weight excluding hydrogens is 442 g/mol.